The van der Waals surface area contributed by atoms with Gasteiger partial charge in [-0.05, 0) is 0 Å². The average molecular weight is 269 g/mol. The van der Waals surface area contributed by atoms with Crippen molar-refractivity contribution in [3.8, 4) is 0 Å². The number of fused-ring (bicyclic) bond motifs is 1. The van der Waals surface area contributed by atoms with Crippen molar-refractivity contribution in [1.29, 1.82) is 0 Å². The molecule has 5 N–H and O–H groups in total. The number of carboxylic acids is 1. The second kappa shape index (κ2) is 3.94. The highest BCUT2D eigenvalue weighted by molar-refractivity contribution is 5.99. The largest absolute Gasteiger partial charge is 0.477 e. The summed E-state index contributed by atoms with van der Waals surface area (Å²) < 4.78 is 28.5. The van der Waals surface area contributed by atoms with Gasteiger partial charge in [0.1, 0.15) is 11.3 Å². The fourth-order valence-corrected chi connectivity index (χ4v) is 1.88. The lowest BCUT2D eigenvalue weighted by molar-refractivity contribution is 0.0695. The smallest absolute Gasteiger partial charge is 0.341 e. The summed E-state index contributed by atoms with van der Waals surface area (Å²) in [4.78, 5) is 22.8. The molecule has 8 heteroatoms. The summed E-state index contributed by atoms with van der Waals surface area (Å²) in [7, 11) is 1.30. The Morgan fingerprint density at radius 3 is 2.37 bits per heavy atom. The van der Waals surface area contributed by atoms with Crippen molar-refractivity contribution in [2.75, 3.05) is 11.5 Å². The van der Waals surface area contributed by atoms with Gasteiger partial charge in [0, 0.05) is 13.2 Å². The molecule has 1 aromatic heterocycles. The van der Waals surface area contributed by atoms with Crippen LogP contribution < -0.4 is 16.9 Å². The van der Waals surface area contributed by atoms with Gasteiger partial charge < -0.3 is 21.1 Å². The minimum absolute atomic E-state index is 0.341. The van der Waals surface area contributed by atoms with Gasteiger partial charge in [-0.25, -0.2) is 13.6 Å². The fraction of sp³-hybridized carbons (Fsp3) is 0.0909. The Hall–Kier alpha value is -2.64. The molecule has 0 bridgehead atoms. The van der Waals surface area contributed by atoms with Crippen molar-refractivity contribution in [2.24, 2.45) is 7.05 Å². The predicted molar refractivity (Wildman–Crippen MR) is 64.9 cm³/mol. The van der Waals surface area contributed by atoms with E-state index in [1.54, 1.807) is 0 Å². The normalized spacial score (nSPS) is 10.9. The van der Waals surface area contributed by atoms with Crippen LogP contribution >= 0.6 is 0 Å². The molecule has 1 heterocycles. The van der Waals surface area contributed by atoms with E-state index in [4.69, 9.17) is 16.6 Å². The number of rotatable bonds is 1. The number of hydrogen-bond donors (Lipinski definition) is 3. The van der Waals surface area contributed by atoms with Crippen LogP contribution in [0.1, 0.15) is 10.4 Å². The summed E-state index contributed by atoms with van der Waals surface area (Å²) in [6.45, 7) is 0. The van der Waals surface area contributed by atoms with Crippen LogP contribution in [0.2, 0.25) is 0 Å². The molecule has 0 saturated carbocycles. The highest BCUT2D eigenvalue weighted by Crippen LogP contribution is 2.30. The van der Waals surface area contributed by atoms with E-state index in [0.29, 0.717) is 0 Å². The predicted octanol–water partition coefficient (Wildman–Crippen LogP) is 0.679. The van der Waals surface area contributed by atoms with Crippen molar-refractivity contribution in [1.82, 2.24) is 4.57 Å². The first-order valence-electron chi connectivity index (χ1n) is 5.05. The summed E-state index contributed by atoms with van der Waals surface area (Å²) >= 11 is 0. The molecule has 2 rings (SSSR count). The molecule has 100 valence electrons. The van der Waals surface area contributed by atoms with E-state index in [0.717, 1.165) is 10.8 Å². The van der Waals surface area contributed by atoms with Crippen LogP contribution in [-0.2, 0) is 7.05 Å². The van der Waals surface area contributed by atoms with Crippen LogP contribution in [0.15, 0.2) is 11.0 Å². The Morgan fingerprint density at radius 1 is 1.26 bits per heavy atom. The van der Waals surface area contributed by atoms with Crippen molar-refractivity contribution in [3.63, 3.8) is 0 Å². The van der Waals surface area contributed by atoms with Crippen molar-refractivity contribution >= 4 is 28.2 Å². The molecule has 1 aromatic carbocycles. The van der Waals surface area contributed by atoms with Gasteiger partial charge in [0.2, 0.25) is 5.43 Å². The fourth-order valence-electron chi connectivity index (χ4n) is 1.88. The molecule has 0 radical (unpaired) electrons. The average Bonchev–Trinajstić information content (AvgIpc) is 2.35. The minimum Gasteiger partial charge on any atom is -0.477 e. The maximum absolute atomic E-state index is 13.9. The van der Waals surface area contributed by atoms with Crippen LogP contribution in [0.5, 0.6) is 0 Å². The van der Waals surface area contributed by atoms with Gasteiger partial charge in [0.05, 0.1) is 16.6 Å². The summed E-state index contributed by atoms with van der Waals surface area (Å²) in [6, 6.07) is 0. The van der Waals surface area contributed by atoms with Crippen LogP contribution in [0.3, 0.4) is 0 Å². The second-order valence-electron chi connectivity index (χ2n) is 3.97. The van der Waals surface area contributed by atoms with Gasteiger partial charge >= 0.3 is 5.97 Å². The van der Waals surface area contributed by atoms with Gasteiger partial charge in [0.25, 0.3) is 0 Å². The molecule has 0 amide bonds. The van der Waals surface area contributed by atoms with E-state index in [9.17, 15) is 18.4 Å². The molecule has 0 spiro atoms. The third-order valence-electron chi connectivity index (χ3n) is 2.80. The van der Waals surface area contributed by atoms with Crippen molar-refractivity contribution in [2.45, 2.75) is 0 Å². The number of aryl methyl sites for hydroxylation is 1. The molecule has 0 aliphatic heterocycles. The van der Waals surface area contributed by atoms with Gasteiger partial charge in [-0.15, -0.1) is 0 Å². The quantitative estimate of drug-likeness (QED) is 0.659. The zero-order chi connectivity index (χ0) is 14.5. The molecule has 19 heavy (non-hydrogen) atoms. The van der Waals surface area contributed by atoms with Gasteiger partial charge in [0.15, 0.2) is 11.6 Å². The molecular weight excluding hydrogens is 260 g/mol. The lowest BCUT2D eigenvalue weighted by Gasteiger charge is -2.12. The van der Waals surface area contributed by atoms with Gasteiger partial charge in [-0.1, -0.05) is 0 Å². The molecule has 0 aliphatic rings. The Kier molecular flexibility index (Phi) is 2.65. The molecule has 0 fully saturated rings. The standard InChI is InChI=1S/C11H9F2N3O3/c1-16-2-3(11(18)19)10(17)4-7(14)5(12)8(15)6(13)9(4)16/h2H,14-15H2,1H3,(H,18,19). The number of carboxylic acid groups (broad SMARTS) is 1. The maximum Gasteiger partial charge on any atom is 0.341 e. The number of nitrogens with two attached hydrogens (primary N) is 2. The third-order valence-corrected chi connectivity index (χ3v) is 2.80. The van der Waals surface area contributed by atoms with Gasteiger partial charge in [-0.3, -0.25) is 4.79 Å². The van der Waals surface area contributed by atoms with E-state index in [2.05, 4.69) is 0 Å². The topological polar surface area (TPSA) is 111 Å². The van der Waals surface area contributed by atoms with Crippen LogP contribution in [0, 0.1) is 11.6 Å². The highest BCUT2D eigenvalue weighted by Gasteiger charge is 2.23. The van der Waals surface area contributed by atoms with Crippen molar-refractivity contribution < 1.29 is 18.7 Å². The summed E-state index contributed by atoms with van der Waals surface area (Å²) in [5.74, 6) is -3.94. The lowest BCUT2D eigenvalue weighted by Crippen LogP contribution is -2.21. The van der Waals surface area contributed by atoms with E-state index in [-0.39, 0.29) is 5.52 Å². The molecule has 0 aliphatic carbocycles. The van der Waals surface area contributed by atoms with Crippen LogP contribution in [-0.4, -0.2) is 15.6 Å². The second-order valence-corrected chi connectivity index (χ2v) is 3.97. The number of aromatic carboxylic acids is 1. The number of benzene rings is 1. The van der Waals surface area contributed by atoms with Crippen LogP contribution in [0.4, 0.5) is 20.2 Å². The molecule has 0 atom stereocenters. The molecule has 2 aromatic rings. The summed E-state index contributed by atoms with van der Waals surface area (Å²) in [6.07, 6.45) is 0.923. The first-order valence-corrected chi connectivity index (χ1v) is 5.05. The number of nitrogen functional groups attached to an aromatic ring is 2. The highest BCUT2D eigenvalue weighted by atomic mass is 19.1. The number of pyridine rings is 1. The zero-order valence-corrected chi connectivity index (χ0v) is 9.70. The zero-order valence-electron chi connectivity index (χ0n) is 9.70. The Balaban J connectivity index is 3.18. The molecule has 0 unspecified atom stereocenters. The molecule has 0 saturated heterocycles. The SMILES string of the molecule is Cn1cc(C(=O)O)c(=O)c2c(N)c(F)c(N)c(F)c21. The Labute approximate surface area is 104 Å². The summed E-state index contributed by atoms with van der Waals surface area (Å²) in [5, 5.41) is 8.33. The van der Waals surface area contributed by atoms with E-state index in [1.165, 1.54) is 7.05 Å². The van der Waals surface area contributed by atoms with E-state index >= 15 is 0 Å². The lowest BCUT2D eigenvalue weighted by atomic mass is 10.1. The van der Waals surface area contributed by atoms with Crippen LogP contribution in [0.25, 0.3) is 10.9 Å². The monoisotopic (exact) mass is 269 g/mol. The van der Waals surface area contributed by atoms with E-state index in [1.807, 2.05) is 0 Å². The maximum atomic E-state index is 13.9. The molecule has 6 nitrogen and oxygen atoms in total. The first-order chi connectivity index (χ1) is 8.77. The number of aromatic nitrogens is 1. The van der Waals surface area contributed by atoms with Gasteiger partial charge in [-0.2, -0.15) is 0 Å². The minimum atomic E-state index is -1.51. The number of nitrogens with zero attached hydrogens (tertiary/aromatic N) is 1. The first kappa shape index (κ1) is 12.8. The van der Waals surface area contributed by atoms with E-state index < -0.39 is 45.4 Å². The van der Waals surface area contributed by atoms with Crippen molar-refractivity contribution in [3.05, 3.63) is 33.6 Å². The third kappa shape index (κ3) is 1.60. The number of anilines is 2. The number of halogens is 2. The Bertz CT molecular complexity index is 783. The Morgan fingerprint density at radius 2 is 1.84 bits per heavy atom. The number of hydrogen-bond acceptors (Lipinski definition) is 4. The molecular formula is C11H9F2N3O3. The number of carbonyl (C=O) groups is 1. The summed E-state index contributed by atoms with van der Waals surface area (Å²) in [5.41, 5.74) is 7.08.